The van der Waals surface area contributed by atoms with Crippen molar-refractivity contribution in [3.8, 4) is 0 Å². The van der Waals surface area contributed by atoms with Gasteiger partial charge in [0.1, 0.15) is 0 Å². The quantitative estimate of drug-likeness (QED) is 0.126. The third-order valence-corrected chi connectivity index (χ3v) is 7.77. The second-order valence-corrected chi connectivity index (χ2v) is 10.1. The molecule has 0 spiro atoms. The molecular weight excluding hydrogens is 599 g/mol. The molecule has 0 saturated carbocycles. The molecule has 0 bridgehead atoms. The van der Waals surface area contributed by atoms with Crippen molar-refractivity contribution < 1.29 is 40.5 Å². The fourth-order valence-electron chi connectivity index (χ4n) is 3.22. The maximum absolute atomic E-state index is 13.5. The lowest BCUT2D eigenvalue weighted by Crippen LogP contribution is -2.21. The highest BCUT2D eigenvalue weighted by Gasteiger charge is 2.44. The third-order valence-electron chi connectivity index (χ3n) is 4.78. The molecule has 0 aliphatic rings. The van der Waals surface area contributed by atoms with Gasteiger partial charge in [-0.2, -0.15) is 26.3 Å². The van der Waals surface area contributed by atoms with E-state index in [0.717, 1.165) is 18.2 Å². The highest BCUT2D eigenvalue weighted by Crippen LogP contribution is 2.44. The zero-order valence-electron chi connectivity index (χ0n) is 17.1. The lowest BCUT2D eigenvalue weighted by Gasteiger charge is -2.18. The SMILES string of the molecule is O=C(c1ccccc1[P](=O)C(=O)c1c(C(F)(F)F)cccc1C(F)(F)F)c1c(Cl)c(Cl)cc(Cl)c1Cl. The Hall–Kier alpha value is -2.16. The van der Waals surface area contributed by atoms with Crippen molar-refractivity contribution in [2.75, 3.05) is 0 Å². The molecule has 0 amide bonds. The Morgan fingerprint density at radius 2 is 1.17 bits per heavy atom. The third kappa shape index (κ3) is 5.41. The summed E-state index contributed by atoms with van der Waals surface area (Å²) in [5, 5.41) is -1.76. The number of benzene rings is 3. The van der Waals surface area contributed by atoms with E-state index in [1.54, 1.807) is 0 Å². The number of hydrogen-bond donors (Lipinski definition) is 0. The van der Waals surface area contributed by atoms with Crippen molar-refractivity contribution in [3.05, 3.63) is 96.4 Å². The Balaban J connectivity index is 2.22. The van der Waals surface area contributed by atoms with Crippen molar-refractivity contribution in [2.45, 2.75) is 12.4 Å². The molecule has 0 aromatic heterocycles. The Labute approximate surface area is 219 Å². The van der Waals surface area contributed by atoms with Crippen LogP contribution in [0.3, 0.4) is 0 Å². The van der Waals surface area contributed by atoms with E-state index >= 15 is 0 Å². The van der Waals surface area contributed by atoms with Gasteiger partial charge in [0.15, 0.2) is 13.6 Å². The summed E-state index contributed by atoms with van der Waals surface area (Å²) in [7, 11) is -3.68. The number of halogens is 10. The van der Waals surface area contributed by atoms with Gasteiger partial charge in [0.05, 0.1) is 47.6 Å². The first kappa shape index (κ1) is 28.4. The first-order valence-corrected chi connectivity index (χ1v) is 12.1. The van der Waals surface area contributed by atoms with Gasteiger partial charge in [-0.1, -0.05) is 64.6 Å². The number of carbonyl (C=O) groups excluding carboxylic acids is 2. The number of alkyl halides is 6. The van der Waals surface area contributed by atoms with Gasteiger partial charge in [0.2, 0.25) is 5.52 Å². The van der Waals surface area contributed by atoms with E-state index in [9.17, 15) is 40.5 Å². The van der Waals surface area contributed by atoms with Gasteiger partial charge in [-0.3, -0.25) is 14.2 Å². The maximum Gasteiger partial charge on any atom is 0.417 e. The van der Waals surface area contributed by atoms with Crippen LogP contribution in [0.5, 0.6) is 0 Å². The van der Waals surface area contributed by atoms with Gasteiger partial charge in [0.25, 0.3) is 0 Å². The Morgan fingerprint density at radius 1 is 0.694 bits per heavy atom. The summed E-state index contributed by atoms with van der Waals surface area (Å²) >= 11 is 24.0. The second-order valence-electron chi connectivity index (χ2n) is 7.01. The molecule has 3 aromatic carbocycles. The Morgan fingerprint density at radius 3 is 1.64 bits per heavy atom. The monoisotopic (exact) mass is 605 g/mol. The fraction of sp³-hybridized carbons (Fsp3) is 0.0909. The summed E-state index contributed by atoms with van der Waals surface area (Å²) < 4.78 is 94.2. The topological polar surface area (TPSA) is 51.2 Å². The van der Waals surface area contributed by atoms with Crippen LogP contribution in [0, 0.1) is 0 Å². The molecule has 14 heteroatoms. The highest BCUT2D eigenvalue weighted by atomic mass is 35.5. The molecular formula is C22H8Cl4F6O3P. The second kappa shape index (κ2) is 10.3. The summed E-state index contributed by atoms with van der Waals surface area (Å²) in [5.41, 5.74) is -8.66. The zero-order valence-corrected chi connectivity index (χ0v) is 21.0. The van der Waals surface area contributed by atoms with Crippen LogP contribution in [0.1, 0.15) is 37.4 Å². The minimum atomic E-state index is -5.38. The van der Waals surface area contributed by atoms with Gasteiger partial charge >= 0.3 is 12.4 Å². The molecule has 0 fully saturated rings. The molecule has 0 N–H and O–H groups in total. The summed E-state index contributed by atoms with van der Waals surface area (Å²) in [6.07, 6.45) is -10.8. The maximum atomic E-state index is 13.5. The smallest absolute Gasteiger partial charge is 0.288 e. The predicted octanol–water partition coefficient (Wildman–Crippen LogP) is 8.86. The van der Waals surface area contributed by atoms with Gasteiger partial charge < -0.3 is 0 Å². The Bertz CT molecular complexity index is 1360. The lowest BCUT2D eigenvalue weighted by molar-refractivity contribution is -0.143. The fourth-order valence-corrected chi connectivity index (χ4v) is 5.48. The molecule has 0 heterocycles. The number of rotatable bonds is 5. The van der Waals surface area contributed by atoms with Crippen molar-refractivity contribution in [1.82, 2.24) is 0 Å². The van der Waals surface area contributed by atoms with E-state index in [0.29, 0.717) is 6.07 Å². The largest absolute Gasteiger partial charge is 0.417 e. The van der Waals surface area contributed by atoms with E-state index < -0.39 is 64.6 Å². The van der Waals surface area contributed by atoms with E-state index in [2.05, 4.69) is 0 Å². The van der Waals surface area contributed by atoms with Crippen LogP contribution in [-0.2, 0) is 16.9 Å². The average molecular weight is 607 g/mol. The van der Waals surface area contributed by atoms with Crippen LogP contribution >= 0.6 is 54.2 Å². The highest BCUT2D eigenvalue weighted by molar-refractivity contribution is 7.71. The van der Waals surface area contributed by atoms with Crippen LogP contribution in [0.2, 0.25) is 20.1 Å². The summed E-state index contributed by atoms with van der Waals surface area (Å²) in [4.78, 5) is 26.2. The molecule has 3 rings (SSSR count). The van der Waals surface area contributed by atoms with Crippen molar-refractivity contribution in [2.24, 2.45) is 0 Å². The molecule has 1 atom stereocenters. The number of hydrogen-bond acceptors (Lipinski definition) is 3. The number of carbonyl (C=O) groups is 2. The molecule has 3 aromatic rings. The predicted molar refractivity (Wildman–Crippen MR) is 124 cm³/mol. The lowest BCUT2D eigenvalue weighted by atomic mass is 10.0. The van der Waals surface area contributed by atoms with Gasteiger partial charge in [-0.05, 0) is 30.3 Å². The molecule has 0 aliphatic heterocycles. The van der Waals surface area contributed by atoms with Crippen LogP contribution in [-0.4, -0.2) is 11.3 Å². The molecule has 189 valence electrons. The first-order valence-electron chi connectivity index (χ1n) is 9.33. The van der Waals surface area contributed by atoms with Crippen LogP contribution in [0.15, 0.2) is 48.5 Å². The minimum absolute atomic E-state index is 0.193. The first-order chi connectivity index (χ1) is 16.6. The summed E-state index contributed by atoms with van der Waals surface area (Å²) in [6, 6.07) is 6.55. The summed E-state index contributed by atoms with van der Waals surface area (Å²) in [6.45, 7) is 0. The standard InChI is InChI=1S/C22H8Cl4F6O3P/c23-12-8-13(24)18(26)16(17(12)25)19(33)9-4-1-2-7-14(9)36(35)20(34)15-10(21(27,28)29)5-3-6-11(15)22(30,31)32/h1-8H. The molecule has 0 saturated heterocycles. The van der Waals surface area contributed by atoms with E-state index in [4.69, 9.17) is 46.4 Å². The van der Waals surface area contributed by atoms with E-state index in [1.165, 1.54) is 12.1 Å². The molecule has 1 unspecified atom stereocenters. The zero-order chi connectivity index (χ0) is 27.2. The Kier molecular flexibility index (Phi) is 8.13. The average Bonchev–Trinajstić information content (AvgIpc) is 2.80. The number of ketones is 1. The molecule has 3 nitrogen and oxygen atoms in total. The van der Waals surface area contributed by atoms with Gasteiger partial charge in [0, 0.05) is 5.56 Å². The van der Waals surface area contributed by atoms with E-state index in [1.807, 2.05) is 0 Å². The van der Waals surface area contributed by atoms with Gasteiger partial charge in [-0.25, -0.2) is 0 Å². The normalized spacial score (nSPS) is 12.4. The van der Waals surface area contributed by atoms with Crippen molar-refractivity contribution in [1.29, 1.82) is 0 Å². The van der Waals surface area contributed by atoms with Crippen LogP contribution < -0.4 is 5.30 Å². The van der Waals surface area contributed by atoms with Gasteiger partial charge in [-0.15, -0.1) is 0 Å². The molecule has 36 heavy (non-hydrogen) atoms. The van der Waals surface area contributed by atoms with Crippen molar-refractivity contribution in [3.63, 3.8) is 0 Å². The molecule has 1 radical (unpaired) electrons. The summed E-state index contributed by atoms with van der Waals surface area (Å²) in [5.74, 6) is -1.07. The minimum Gasteiger partial charge on any atom is -0.288 e. The van der Waals surface area contributed by atoms with Crippen LogP contribution in [0.25, 0.3) is 0 Å². The molecule has 0 aliphatic carbocycles. The van der Waals surface area contributed by atoms with E-state index in [-0.39, 0.29) is 32.2 Å². The van der Waals surface area contributed by atoms with Crippen LogP contribution in [0.4, 0.5) is 26.3 Å². The van der Waals surface area contributed by atoms with Crippen molar-refractivity contribution >= 4 is 70.8 Å².